The average Bonchev–Trinajstić information content (AvgIpc) is 3.03. The van der Waals surface area contributed by atoms with Gasteiger partial charge in [0.05, 0.1) is 0 Å². The number of hydrogen-bond acceptors (Lipinski definition) is 0. The number of allylic oxidation sites excluding steroid dienone is 8. The molecule has 2 aliphatic rings. The molecule has 2 aliphatic carbocycles. The summed E-state index contributed by atoms with van der Waals surface area (Å²) in [5.41, 5.74) is 6.42. The summed E-state index contributed by atoms with van der Waals surface area (Å²) >= 11 is 1.74. The fourth-order valence-electron chi connectivity index (χ4n) is 2.88. The van der Waals surface area contributed by atoms with Crippen molar-refractivity contribution in [3.63, 3.8) is 0 Å². The molecule has 1 unspecified atom stereocenters. The van der Waals surface area contributed by atoms with Crippen molar-refractivity contribution in [3.05, 3.63) is 46.6 Å². The Balaban J connectivity index is 0. The van der Waals surface area contributed by atoms with Crippen molar-refractivity contribution in [2.45, 2.75) is 59.5 Å². The van der Waals surface area contributed by atoms with Crippen LogP contribution in [0.15, 0.2) is 40.5 Å². The fourth-order valence-corrected chi connectivity index (χ4v) is 2.88. The second-order valence-electron chi connectivity index (χ2n) is 5.49. The van der Waals surface area contributed by atoms with Crippen molar-refractivity contribution >= 4 is 5.43 Å². The van der Waals surface area contributed by atoms with Gasteiger partial charge in [-0.05, 0) is 6.42 Å². The smallest absolute Gasteiger partial charge is 1.00 e. The maximum absolute atomic E-state index is 3.72. The zero-order valence-corrected chi connectivity index (χ0v) is 19.4. The van der Waals surface area contributed by atoms with Crippen LogP contribution in [-0.4, -0.2) is 5.43 Å². The summed E-state index contributed by atoms with van der Waals surface area (Å²) in [5.74, 6) is 0.491. The Labute approximate surface area is 164 Å². The zero-order chi connectivity index (χ0) is 15.1. The van der Waals surface area contributed by atoms with Gasteiger partial charge in [-0.15, -0.1) is 0 Å². The zero-order valence-electron chi connectivity index (χ0n) is 14.4. The third-order valence-corrected chi connectivity index (χ3v) is 3.68. The van der Waals surface area contributed by atoms with Crippen LogP contribution in [0, 0.1) is 12.0 Å². The van der Waals surface area contributed by atoms with Gasteiger partial charge in [-0.1, -0.05) is 69.8 Å². The van der Waals surface area contributed by atoms with Crippen molar-refractivity contribution in [2.24, 2.45) is 5.92 Å². The SMILES string of the molecule is CCC1=[C-]C(C2=CC=CC2)C(CC)=C1CC.C[Si](C)=[Zr+2].[Cl-].[Cl-]. The molecule has 0 aromatic heterocycles. The molecule has 0 bridgehead atoms. The largest absolute Gasteiger partial charge is 1.00 e. The van der Waals surface area contributed by atoms with Gasteiger partial charge in [0, 0.05) is 0 Å². The number of hydrogen-bond donors (Lipinski definition) is 0. The molecule has 122 valence electrons. The molecule has 0 fully saturated rings. The van der Waals surface area contributed by atoms with Gasteiger partial charge in [0.25, 0.3) is 0 Å². The van der Waals surface area contributed by atoms with E-state index in [1.54, 1.807) is 34.5 Å². The van der Waals surface area contributed by atoms with Crippen LogP contribution in [0.4, 0.5) is 0 Å². The quantitative estimate of drug-likeness (QED) is 0.416. The first-order chi connectivity index (χ1) is 9.54. The van der Waals surface area contributed by atoms with Gasteiger partial charge in [-0.2, -0.15) is 11.1 Å². The van der Waals surface area contributed by atoms with E-state index in [-0.39, 0.29) is 30.2 Å². The number of halogens is 2. The van der Waals surface area contributed by atoms with E-state index in [0.717, 1.165) is 19.3 Å². The van der Waals surface area contributed by atoms with E-state index in [0.29, 0.717) is 5.92 Å². The monoisotopic (exact) mass is 431 g/mol. The molecule has 0 saturated heterocycles. The summed E-state index contributed by atoms with van der Waals surface area (Å²) < 4.78 is 0. The molecular formula is C18H27Cl2SiZr-. The second-order valence-corrected chi connectivity index (χ2v) is 14.9. The Hall–Kier alpha value is 0.640. The van der Waals surface area contributed by atoms with Gasteiger partial charge in [0.15, 0.2) is 0 Å². The van der Waals surface area contributed by atoms with E-state index in [4.69, 9.17) is 0 Å². The minimum Gasteiger partial charge on any atom is -1.00 e. The Morgan fingerprint density at radius 3 is 2.09 bits per heavy atom. The Morgan fingerprint density at radius 2 is 1.73 bits per heavy atom. The van der Waals surface area contributed by atoms with E-state index in [1.807, 2.05) is 0 Å². The molecule has 0 spiro atoms. The first-order valence-corrected chi connectivity index (χ1v) is 14.0. The Bertz CT molecular complexity index is 483. The van der Waals surface area contributed by atoms with Crippen LogP contribution in [0.3, 0.4) is 0 Å². The van der Waals surface area contributed by atoms with Crippen LogP contribution < -0.4 is 24.8 Å². The van der Waals surface area contributed by atoms with E-state index in [1.165, 1.54) is 17.6 Å². The first kappa shape index (κ1) is 24.9. The van der Waals surface area contributed by atoms with Crippen molar-refractivity contribution in [3.8, 4) is 0 Å². The van der Waals surface area contributed by atoms with Gasteiger partial charge in [-0.3, -0.25) is 6.08 Å². The van der Waals surface area contributed by atoms with Crippen LogP contribution in [0.1, 0.15) is 46.5 Å². The third-order valence-electron chi connectivity index (χ3n) is 3.68. The molecular weight excluding hydrogens is 406 g/mol. The van der Waals surface area contributed by atoms with Gasteiger partial charge < -0.3 is 24.8 Å². The molecule has 0 radical (unpaired) electrons. The second kappa shape index (κ2) is 13.0. The molecule has 0 saturated carbocycles. The van der Waals surface area contributed by atoms with Crippen molar-refractivity contribution in [2.75, 3.05) is 0 Å². The van der Waals surface area contributed by atoms with Crippen LogP contribution in [0.25, 0.3) is 0 Å². The summed E-state index contributed by atoms with van der Waals surface area (Å²) in [6, 6.07) is 0. The Morgan fingerprint density at radius 1 is 1.14 bits per heavy atom. The minimum atomic E-state index is 0. The normalized spacial score (nSPS) is 18.8. The van der Waals surface area contributed by atoms with Crippen LogP contribution in [-0.2, 0) is 23.3 Å². The third kappa shape index (κ3) is 7.04. The molecule has 4 heteroatoms. The average molecular weight is 434 g/mol. The van der Waals surface area contributed by atoms with Crippen molar-refractivity contribution in [1.29, 1.82) is 0 Å². The summed E-state index contributed by atoms with van der Waals surface area (Å²) in [5, 5.41) is 0. The Kier molecular flexibility index (Phi) is 14.7. The molecule has 0 nitrogen and oxygen atoms in total. The summed E-state index contributed by atoms with van der Waals surface area (Å²) in [6.45, 7) is 11.4. The summed E-state index contributed by atoms with van der Waals surface area (Å²) in [7, 11) is 0. The van der Waals surface area contributed by atoms with Gasteiger partial charge in [-0.25, -0.2) is 5.57 Å². The van der Waals surface area contributed by atoms with Crippen LogP contribution >= 0.6 is 0 Å². The van der Waals surface area contributed by atoms with Crippen molar-refractivity contribution < 1.29 is 48.1 Å². The van der Waals surface area contributed by atoms with E-state index in [2.05, 4.69) is 58.2 Å². The standard InChI is InChI=1S/C16H21.C2H6Si.2ClH.Zr/c1-4-12-11-16(13-9-7-8-10-13)15(6-3)14(12)5-2;1-3-2;;;/h7-9,16H,4-6,10H2,1-3H3;1-2H3;2*1H;/q-1;;;;+2/p-2. The molecule has 0 aromatic rings. The minimum absolute atomic E-state index is 0. The first-order valence-electron chi connectivity index (χ1n) is 7.77. The fraction of sp³-hybridized carbons (Fsp3) is 0.556. The molecule has 0 aromatic carbocycles. The van der Waals surface area contributed by atoms with Crippen molar-refractivity contribution in [1.82, 2.24) is 0 Å². The molecule has 0 amide bonds. The molecule has 1 atom stereocenters. The maximum Gasteiger partial charge on any atom is -1.00 e. The topological polar surface area (TPSA) is 0 Å². The van der Waals surface area contributed by atoms with Gasteiger partial charge >= 0.3 is 41.9 Å². The summed E-state index contributed by atoms with van der Waals surface area (Å²) in [4.78, 5) is 0. The predicted molar refractivity (Wildman–Crippen MR) is 87.5 cm³/mol. The molecule has 2 rings (SSSR count). The van der Waals surface area contributed by atoms with Gasteiger partial charge in [0.1, 0.15) is 0 Å². The van der Waals surface area contributed by atoms with E-state index < -0.39 is 0 Å². The van der Waals surface area contributed by atoms with E-state index in [9.17, 15) is 0 Å². The van der Waals surface area contributed by atoms with E-state index >= 15 is 0 Å². The molecule has 0 heterocycles. The predicted octanol–water partition coefficient (Wildman–Crippen LogP) is -0.449. The van der Waals surface area contributed by atoms with Crippen LogP contribution in [0.2, 0.25) is 13.1 Å². The van der Waals surface area contributed by atoms with Gasteiger partial charge in [0.2, 0.25) is 0 Å². The molecule has 0 N–H and O–H groups in total. The molecule has 22 heavy (non-hydrogen) atoms. The molecule has 0 aliphatic heterocycles. The summed E-state index contributed by atoms with van der Waals surface area (Å²) in [6.07, 6.45) is 15.0. The maximum atomic E-state index is 3.72. The number of rotatable bonds is 4. The van der Waals surface area contributed by atoms with Crippen LogP contribution in [0.5, 0.6) is 0 Å².